The van der Waals surface area contributed by atoms with Gasteiger partial charge in [0.05, 0.1) is 26.4 Å². The number of nitrogens with one attached hydrogen (secondary N) is 1. The molecule has 0 radical (unpaired) electrons. The number of carbonyl (C=O) groups is 1. The van der Waals surface area contributed by atoms with Crippen LogP contribution >= 0.6 is 0 Å². The Kier molecular flexibility index (Phi) is 6.00. The minimum Gasteiger partial charge on any atom is -0.493 e. The average Bonchev–Trinajstić information content (AvgIpc) is 2.60. The fourth-order valence-corrected chi connectivity index (χ4v) is 2.36. The van der Waals surface area contributed by atoms with E-state index < -0.39 is 0 Å². The number of rotatable bonds is 7. The van der Waals surface area contributed by atoms with E-state index in [0.717, 1.165) is 11.1 Å². The van der Waals surface area contributed by atoms with Crippen LogP contribution in [0.5, 0.6) is 11.5 Å². The van der Waals surface area contributed by atoms with Crippen LogP contribution in [0.3, 0.4) is 0 Å². The van der Waals surface area contributed by atoms with E-state index in [2.05, 4.69) is 5.32 Å². The Morgan fingerprint density at radius 3 is 2.35 bits per heavy atom. The number of methoxy groups -OCH3 is 3. The topological polar surface area (TPSA) is 56.8 Å². The fourth-order valence-electron chi connectivity index (χ4n) is 2.36. The molecule has 0 bridgehead atoms. The lowest BCUT2D eigenvalue weighted by Gasteiger charge is -2.13. The van der Waals surface area contributed by atoms with Crippen molar-refractivity contribution in [1.29, 1.82) is 0 Å². The SMILES string of the molecule is COCc1ccccc1CNC(=O)c1cccc(OC)c1OC. The largest absolute Gasteiger partial charge is 0.493 e. The summed E-state index contributed by atoms with van der Waals surface area (Å²) >= 11 is 0. The molecule has 2 aromatic rings. The lowest BCUT2D eigenvalue weighted by Crippen LogP contribution is -2.24. The van der Waals surface area contributed by atoms with Gasteiger partial charge >= 0.3 is 0 Å². The van der Waals surface area contributed by atoms with Gasteiger partial charge in [0.2, 0.25) is 0 Å². The van der Waals surface area contributed by atoms with Gasteiger partial charge in [-0.3, -0.25) is 4.79 Å². The number of amides is 1. The smallest absolute Gasteiger partial charge is 0.255 e. The molecule has 0 unspecified atom stereocenters. The molecule has 5 nitrogen and oxygen atoms in total. The number of ether oxygens (including phenoxy) is 3. The van der Waals surface area contributed by atoms with E-state index in [1.165, 1.54) is 7.11 Å². The number of benzene rings is 2. The van der Waals surface area contributed by atoms with Crippen molar-refractivity contribution in [3.8, 4) is 11.5 Å². The maximum absolute atomic E-state index is 12.5. The van der Waals surface area contributed by atoms with Crippen molar-refractivity contribution in [3.05, 3.63) is 59.2 Å². The molecule has 2 aromatic carbocycles. The first-order chi connectivity index (χ1) is 11.2. The zero-order valence-electron chi connectivity index (χ0n) is 13.6. The Bertz CT molecular complexity index is 670. The Hall–Kier alpha value is -2.53. The molecule has 0 aromatic heterocycles. The number of hydrogen-bond donors (Lipinski definition) is 1. The Labute approximate surface area is 136 Å². The van der Waals surface area contributed by atoms with E-state index in [1.807, 2.05) is 24.3 Å². The van der Waals surface area contributed by atoms with E-state index in [9.17, 15) is 4.79 Å². The molecule has 0 heterocycles. The molecule has 2 rings (SSSR count). The quantitative estimate of drug-likeness (QED) is 0.853. The second kappa shape index (κ2) is 8.19. The van der Waals surface area contributed by atoms with Gasteiger partial charge in [0.25, 0.3) is 5.91 Å². The Morgan fingerprint density at radius 2 is 1.70 bits per heavy atom. The number of para-hydroxylation sites is 1. The molecule has 0 aliphatic carbocycles. The van der Waals surface area contributed by atoms with Crippen LogP contribution in [0.1, 0.15) is 21.5 Å². The summed E-state index contributed by atoms with van der Waals surface area (Å²) in [6.07, 6.45) is 0. The normalized spacial score (nSPS) is 10.2. The summed E-state index contributed by atoms with van der Waals surface area (Å²) in [5.74, 6) is 0.741. The third-order valence-electron chi connectivity index (χ3n) is 3.51. The Balaban J connectivity index is 2.15. The minimum atomic E-state index is -0.215. The van der Waals surface area contributed by atoms with Crippen LogP contribution in [0.4, 0.5) is 0 Å². The number of hydrogen-bond acceptors (Lipinski definition) is 4. The molecule has 0 spiro atoms. The van der Waals surface area contributed by atoms with Gasteiger partial charge in [-0.15, -0.1) is 0 Å². The molecule has 0 aliphatic rings. The highest BCUT2D eigenvalue weighted by Gasteiger charge is 2.16. The van der Waals surface area contributed by atoms with Crippen LogP contribution in [-0.2, 0) is 17.9 Å². The molecule has 1 N–H and O–H groups in total. The molecular weight excluding hydrogens is 294 g/mol. The summed E-state index contributed by atoms with van der Waals surface area (Å²) in [5.41, 5.74) is 2.51. The van der Waals surface area contributed by atoms with Crippen molar-refractivity contribution in [2.24, 2.45) is 0 Å². The lowest BCUT2D eigenvalue weighted by molar-refractivity contribution is 0.0946. The first-order valence-corrected chi connectivity index (χ1v) is 7.26. The summed E-state index contributed by atoms with van der Waals surface area (Å²) < 4.78 is 15.7. The third-order valence-corrected chi connectivity index (χ3v) is 3.51. The summed E-state index contributed by atoms with van der Waals surface area (Å²) in [7, 11) is 4.71. The molecule has 0 atom stereocenters. The van der Waals surface area contributed by atoms with Crippen LogP contribution in [0, 0.1) is 0 Å². The van der Waals surface area contributed by atoms with E-state index in [0.29, 0.717) is 30.2 Å². The van der Waals surface area contributed by atoms with E-state index in [-0.39, 0.29) is 5.91 Å². The molecule has 1 amide bonds. The highest BCUT2D eigenvalue weighted by Crippen LogP contribution is 2.30. The second-order valence-corrected chi connectivity index (χ2v) is 4.93. The van der Waals surface area contributed by atoms with Crippen molar-refractivity contribution in [1.82, 2.24) is 5.32 Å². The zero-order valence-corrected chi connectivity index (χ0v) is 13.6. The molecule has 0 aliphatic heterocycles. The monoisotopic (exact) mass is 315 g/mol. The maximum atomic E-state index is 12.5. The standard InChI is InChI=1S/C18H21NO4/c1-21-12-14-8-5-4-7-13(14)11-19-18(20)15-9-6-10-16(22-2)17(15)23-3/h4-10H,11-12H2,1-3H3,(H,19,20). The van der Waals surface area contributed by atoms with Crippen molar-refractivity contribution >= 4 is 5.91 Å². The van der Waals surface area contributed by atoms with Crippen LogP contribution < -0.4 is 14.8 Å². The van der Waals surface area contributed by atoms with Gasteiger partial charge in [0.15, 0.2) is 11.5 Å². The molecule has 122 valence electrons. The van der Waals surface area contributed by atoms with E-state index in [4.69, 9.17) is 14.2 Å². The lowest BCUT2D eigenvalue weighted by atomic mass is 10.1. The van der Waals surface area contributed by atoms with Crippen molar-refractivity contribution in [2.45, 2.75) is 13.2 Å². The van der Waals surface area contributed by atoms with Crippen LogP contribution in [-0.4, -0.2) is 27.2 Å². The van der Waals surface area contributed by atoms with Crippen LogP contribution in [0.25, 0.3) is 0 Å². The van der Waals surface area contributed by atoms with Gasteiger partial charge < -0.3 is 19.5 Å². The third kappa shape index (κ3) is 4.02. The second-order valence-electron chi connectivity index (χ2n) is 4.93. The summed E-state index contributed by atoms with van der Waals surface area (Å²) in [4.78, 5) is 12.5. The van der Waals surface area contributed by atoms with Crippen molar-refractivity contribution in [3.63, 3.8) is 0 Å². The predicted octanol–water partition coefficient (Wildman–Crippen LogP) is 2.78. The van der Waals surface area contributed by atoms with Gasteiger partial charge in [-0.2, -0.15) is 0 Å². The molecular formula is C18H21NO4. The van der Waals surface area contributed by atoms with Crippen molar-refractivity contribution < 1.29 is 19.0 Å². The van der Waals surface area contributed by atoms with Crippen molar-refractivity contribution in [2.75, 3.05) is 21.3 Å². The maximum Gasteiger partial charge on any atom is 0.255 e. The summed E-state index contributed by atoms with van der Waals surface area (Å²) in [5, 5.41) is 2.91. The Morgan fingerprint density at radius 1 is 0.957 bits per heavy atom. The first kappa shape index (κ1) is 16.8. The van der Waals surface area contributed by atoms with Crippen LogP contribution in [0.2, 0.25) is 0 Å². The zero-order chi connectivity index (χ0) is 16.7. The average molecular weight is 315 g/mol. The van der Waals surface area contributed by atoms with Gasteiger partial charge in [-0.1, -0.05) is 30.3 Å². The predicted molar refractivity (Wildman–Crippen MR) is 87.9 cm³/mol. The van der Waals surface area contributed by atoms with Gasteiger partial charge in [0.1, 0.15) is 0 Å². The molecule has 0 saturated heterocycles. The highest BCUT2D eigenvalue weighted by molar-refractivity contribution is 5.97. The minimum absolute atomic E-state index is 0.215. The first-order valence-electron chi connectivity index (χ1n) is 7.26. The molecule has 5 heteroatoms. The van der Waals surface area contributed by atoms with E-state index >= 15 is 0 Å². The molecule has 0 saturated carbocycles. The summed E-state index contributed by atoms with van der Waals surface area (Å²) in [6.45, 7) is 0.924. The van der Waals surface area contributed by atoms with Gasteiger partial charge in [-0.05, 0) is 23.3 Å². The molecule has 23 heavy (non-hydrogen) atoms. The molecule has 0 fully saturated rings. The van der Waals surface area contributed by atoms with Gasteiger partial charge in [-0.25, -0.2) is 0 Å². The van der Waals surface area contributed by atoms with Gasteiger partial charge in [0, 0.05) is 13.7 Å². The highest BCUT2D eigenvalue weighted by atomic mass is 16.5. The van der Waals surface area contributed by atoms with Crippen LogP contribution in [0.15, 0.2) is 42.5 Å². The fraction of sp³-hybridized carbons (Fsp3) is 0.278. The number of carbonyl (C=O) groups excluding carboxylic acids is 1. The van der Waals surface area contributed by atoms with E-state index in [1.54, 1.807) is 32.4 Å². The summed E-state index contributed by atoms with van der Waals surface area (Å²) in [6, 6.07) is 13.1.